The quantitative estimate of drug-likeness (QED) is 0.266. The Morgan fingerprint density at radius 1 is 1.47 bits per heavy atom. The van der Waals surface area contributed by atoms with Crippen LogP contribution < -0.4 is 16.0 Å². The maximum atomic E-state index is 10.7. The van der Waals surface area contributed by atoms with Crippen molar-refractivity contribution in [3.05, 3.63) is 0 Å². The summed E-state index contributed by atoms with van der Waals surface area (Å²) in [5.41, 5.74) is 0. The molecule has 0 saturated carbocycles. The summed E-state index contributed by atoms with van der Waals surface area (Å²) in [5.74, 6) is -0.0955. The van der Waals surface area contributed by atoms with E-state index in [0.717, 1.165) is 6.42 Å². The smallest absolute Gasteiger partial charge is 0.320 e. The predicted molar refractivity (Wildman–Crippen MR) is 60.1 cm³/mol. The zero-order valence-corrected chi connectivity index (χ0v) is 9.50. The molecule has 0 aromatic heterocycles. The number of nitrogens with one attached hydrogen (secondary N) is 3. The molecule has 4 N–H and O–H groups in total. The SMILES string of the molecule is CN=C(NC)NCCCC(NC)C(=O)O. The minimum atomic E-state index is -0.810. The first-order chi connectivity index (χ1) is 7.15. The molecule has 0 radical (unpaired) electrons. The molecular formula is C9H20N4O2. The van der Waals surface area contributed by atoms with E-state index in [4.69, 9.17) is 5.11 Å². The van der Waals surface area contributed by atoms with Crippen LogP contribution in [0, 0.1) is 0 Å². The van der Waals surface area contributed by atoms with E-state index in [9.17, 15) is 4.79 Å². The largest absolute Gasteiger partial charge is 0.480 e. The van der Waals surface area contributed by atoms with Crippen LogP contribution in [0.3, 0.4) is 0 Å². The number of aliphatic imine (C=N–C) groups is 1. The highest BCUT2D eigenvalue weighted by Crippen LogP contribution is 1.95. The van der Waals surface area contributed by atoms with Crippen molar-refractivity contribution in [1.29, 1.82) is 0 Å². The van der Waals surface area contributed by atoms with Crippen LogP contribution in [0.15, 0.2) is 4.99 Å². The molecule has 1 unspecified atom stereocenters. The first-order valence-electron chi connectivity index (χ1n) is 4.94. The lowest BCUT2D eigenvalue weighted by Gasteiger charge is -2.12. The Kier molecular flexibility index (Phi) is 7.35. The normalized spacial score (nSPS) is 13.4. The van der Waals surface area contributed by atoms with Gasteiger partial charge in [0.2, 0.25) is 0 Å². The maximum Gasteiger partial charge on any atom is 0.320 e. The van der Waals surface area contributed by atoms with E-state index >= 15 is 0 Å². The Labute approximate surface area is 90.2 Å². The molecule has 6 heteroatoms. The number of hydrogen-bond acceptors (Lipinski definition) is 3. The van der Waals surface area contributed by atoms with Gasteiger partial charge in [-0.1, -0.05) is 0 Å². The van der Waals surface area contributed by atoms with Crippen molar-refractivity contribution in [3.8, 4) is 0 Å². The molecule has 0 fully saturated rings. The second-order valence-corrected chi connectivity index (χ2v) is 3.07. The third kappa shape index (κ3) is 5.90. The van der Waals surface area contributed by atoms with Crippen LogP contribution in [0.5, 0.6) is 0 Å². The van der Waals surface area contributed by atoms with Crippen LogP contribution in [0.4, 0.5) is 0 Å². The molecule has 0 aliphatic carbocycles. The van der Waals surface area contributed by atoms with Gasteiger partial charge in [0.15, 0.2) is 5.96 Å². The Bertz CT molecular complexity index is 218. The summed E-state index contributed by atoms with van der Waals surface area (Å²) in [5, 5.41) is 17.4. The van der Waals surface area contributed by atoms with Crippen LogP contribution in [0.25, 0.3) is 0 Å². The number of guanidine groups is 1. The van der Waals surface area contributed by atoms with Crippen molar-refractivity contribution in [1.82, 2.24) is 16.0 Å². The minimum absolute atomic E-state index is 0.469. The van der Waals surface area contributed by atoms with Gasteiger partial charge < -0.3 is 21.1 Å². The standard InChI is InChI=1S/C9H20N4O2/c1-10-7(8(14)15)5-4-6-13-9(11-2)12-3/h7,10H,4-6H2,1-3H3,(H,14,15)(H2,11,12,13). The molecule has 88 valence electrons. The van der Waals surface area contributed by atoms with E-state index in [0.29, 0.717) is 18.9 Å². The Morgan fingerprint density at radius 2 is 2.13 bits per heavy atom. The van der Waals surface area contributed by atoms with Gasteiger partial charge in [-0.2, -0.15) is 0 Å². The monoisotopic (exact) mass is 216 g/mol. The maximum absolute atomic E-state index is 10.7. The summed E-state index contributed by atoms with van der Waals surface area (Å²) in [6, 6.07) is -0.469. The molecule has 0 amide bonds. The fourth-order valence-corrected chi connectivity index (χ4v) is 1.18. The van der Waals surface area contributed by atoms with Crippen molar-refractivity contribution in [2.45, 2.75) is 18.9 Å². The number of carbonyl (C=O) groups is 1. The molecule has 0 bridgehead atoms. The third-order valence-electron chi connectivity index (χ3n) is 2.07. The van der Waals surface area contributed by atoms with Crippen LogP contribution in [0.1, 0.15) is 12.8 Å². The van der Waals surface area contributed by atoms with E-state index in [1.54, 1.807) is 21.1 Å². The number of hydrogen-bond donors (Lipinski definition) is 4. The van der Waals surface area contributed by atoms with Crippen LogP contribution in [-0.2, 0) is 4.79 Å². The summed E-state index contributed by atoms with van der Waals surface area (Å²) in [6.45, 7) is 0.707. The van der Waals surface area contributed by atoms with E-state index in [-0.39, 0.29) is 0 Å². The second-order valence-electron chi connectivity index (χ2n) is 3.07. The fraction of sp³-hybridized carbons (Fsp3) is 0.778. The van der Waals surface area contributed by atoms with Crippen molar-refractivity contribution >= 4 is 11.9 Å². The summed E-state index contributed by atoms with van der Waals surface area (Å²) in [4.78, 5) is 14.6. The minimum Gasteiger partial charge on any atom is -0.480 e. The molecule has 0 spiro atoms. The van der Waals surface area contributed by atoms with Crippen LogP contribution in [0.2, 0.25) is 0 Å². The molecular weight excluding hydrogens is 196 g/mol. The molecule has 0 saturated heterocycles. The van der Waals surface area contributed by atoms with Gasteiger partial charge >= 0.3 is 5.97 Å². The number of carboxylic acid groups (broad SMARTS) is 1. The summed E-state index contributed by atoms with van der Waals surface area (Å²) in [7, 11) is 5.12. The molecule has 6 nitrogen and oxygen atoms in total. The van der Waals surface area contributed by atoms with Gasteiger partial charge in [0, 0.05) is 20.6 Å². The Hall–Kier alpha value is -1.30. The van der Waals surface area contributed by atoms with Gasteiger partial charge in [0.25, 0.3) is 0 Å². The zero-order valence-electron chi connectivity index (χ0n) is 9.50. The summed E-state index contributed by atoms with van der Waals surface area (Å²) < 4.78 is 0. The number of likely N-dealkylation sites (N-methyl/N-ethyl adjacent to an activating group) is 1. The Balaban J connectivity index is 3.65. The molecule has 0 aliphatic heterocycles. The van der Waals surface area contributed by atoms with Crippen molar-refractivity contribution in [2.75, 3.05) is 27.7 Å². The highest BCUT2D eigenvalue weighted by atomic mass is 16.4. The molecule has 0 aromatic rings. The van der Waals surface area contributed by atoms with Crippen LogP contribution in [-0.4, -0.2) is 50.8 Å². The average molecular weight is 216 g/mol. The van der Waals surface area contributed by atoms with Gasteiger partial charge in [-0.3, -0.25) is 9.79 Å². The highest BCUT2D eigenvalue weighted by Gasteiger charge is 2.13. The lowest BCUT2D eigenvalue weighted by atomic mass is 10.1. The zero-order chi connectivity index (χ0) is 11.7. The summed E-state index contributed by atoms with van der Waals surface area (Å²) in [6.07, 6.45) is 1.37. The van der Waals surface area contributed by atoms with E-state index in [1.165, 1.54) is 0 Å². The highest BCUT2D eigenvalue weighted by molar-refractivity contribution is 5.79. The van der Waals surface area contributed by atoms with Gasteiger partial charge in [0.05, 0.1) is 0 Å². The third-order valence-corrected chi connectivity index (χ3v) is 2.07. The van der Waals surface area contributed by atoms with E-state index in [2.05, 4.69) is 20.9 Å². The summed E-state index contributed by atoms with van der Waals surface area (Å²) >= 11 is 0. The molecule has 15 heavy (non-hydrogen) atoms. The van der Waals surface area contributed by atoms with E-state index in [1.807, 2.05) is 0 Å². The lowest BCUT2D eigenvalue weighted by molar-refractivity contribution is -0.139. The van der Waals surface area contributed by atoms with Gasteiger partial charge in [-0.25, -0.2) is 0 Å². The van der Waals surface area contributed by atoms with Gasteiger partial charge in [0.1, 0.15) is 6.04 Å². The Morgan fingerprint density at radius 3 is 2.53 bits per heavy atom. The first-order valence-corrected chi connectivity index (χ1v) is 4.94. The molecule has 0 aromatic carbocycles. The molecule has 0 heterocycles. The topological polar surface area (TPSA) is 85.8 Å². The van der Waals surface area contributed by atoms with Gasteiger partial charge in [-0.15, -0.1) is 0 Å². The molecule has 1 atom stereocenters. The van der Waals surface area contributed by atoms with Crippen LogP contribution >= 0.6 is 0 Å². The number of rotatable bonds is 6. The number of aliphatic carboxylic acids is 1. The molecule has 0 rings (SSSR count). The van der Waals surface area contributed by atoms with Crippen molar-refractivity contribution < 1.29 is 9.90 Å². The second kappa shape index (κ2) is 8.05. The fourth-order valence-electron chi connectivity index (χ4n) is 1.18. The first kappa shape index (κ1) is 13.7. The van der Waals surface area contributed by atoms with Crippen molar-refractivity contribution in [2.24, 2.45) is 4.99 Å². The average Bonchev–Trinajstić information content (AvgIpc) is 2.23. The van der Waals surface area contributed by atoms with Gasteiger partial charge in [-0.05, 0) is 19.9 Å². The van der Waals surface area contributed by atoms with E-state index < -0.39 is 12.0 Å². The lowest BCUT2D eigenvalue weighted by Crippen LogP contribution is -2.37. The number of nitrogens with zero attached hydrogens (tertiary/aromatic N) is 1. The van der Waals surface area contributed by atoms with Crippen molar-refractivity contribution in [3.63, 3.8) is 0 Å². The molecule has 0 aliphatic rings. The number of carboxylic acids is 1. The predicted octanol–water partition coefficient (Wildman–Crippen LogP) is -0.766.